The van der Waals surface area contributed by atoms with Gasteiger partial charge in [0, 0.05) is 43.4 Å². The van der Waals surface area contributed by atoms with Crippen molar-refractivity contribution in [2.75, 3.05) is 46.4 Å². The van der Waals surface area contributed by atoms with Gasteiger partial charge in [0.15, 0.2) is 5.96 Å². The molecule has 3 rings (SSSR count). The SMILES string of the molecule is CN=C(NCC(C)Sc1ccccc1)NCC(c1ccc(C)o1)N1CCOCC1.I. The highest BCUT2D eigenvalue weighted by Crippen LogP contribution is 2.24. The van der Waals surface area contributed by atoms with E-state index in [1.54, 1.807) is 0 Å². The number of hydrogen-bond donors (Lipinski definition) is 2. The molecule has 2 heterocycles. The van der Waals surface area contributed by atoms with Crippen LogP contribution in [0.25, 0.3) is 0 Å². The van der Waals surface area contributed by atoms with Gasteiger partial charge in [-0.05, 0) is 31.2 Å². The fraction of sp³-hybridized carbons (Fsp3) is 0.500. The summed E-state index contributed by atoms with van der Waals surface area (Å²) in [7, 11) is 1.81. The van der Waals surface area contributed by atoms with E-state index in [4.69, 9.17) is 9.15 Å². The van der Waals surface area contributed by atoms with Gasteiger partial charge in [0.2, 0.25) is 0 Å². The van der Waals surface area contributed by atoms with E-state index in [-0.39, 0.29) is 30.0 Å². The van der Waals surface area contributed by atoms with E-state index in [0.717, 1.165) is 56.9 Å². The number of ether oxygens (including phenoxy) is 1. The van der Waals surface area contributed by atoms with Gasteiger partial charge in [-0.25, -0.2) is 0 Å². The third-order valence-electron chi connectivity index (χ3n) is 4.90. The van der Waals surface area contributed by atoms with Crippen molar-refractivity contribution in [2.24, 2.45) is 4.99 Å². The molecule has 6 nitrogen and oxygen atoms in total. The molecular formula is C22H33IN4O2S. The predicted octanol–water partition coefficient (Wildman–Crippen LogP) is 3.93. The minimum atomic E-state index is 0. The number of benzene rings is 1. The summed E-state index contributed by atoms with van der Waals surface area (Å²) in [6.45, 7) is 9.11. The Hall–Kier alpha value is -1.23. The summed E-state index contributed by atoms with van der Waals surface area (Å²) in [6.07, 6.45) is 0. The molecule has 30 heavy (non-hydrogen) atoms. The fourth-order valence-corrected chi connectivity index (χ4v) is 4.30. The summed E-state index contributed by atoms with van der Waals surface area (Å²) in [4.78, 5) is 8.09. The lowest BCUT2D eigenvalue weighted by Crippen LogP contribution is -2.47. The van der Waals surface area contributed by atoms with Crippen LogP contribution in [0.4, 0.5) is 0 Å². The molecule has 2 aromatic rings. The van der Waals surface area contributed by atoms with E-state index in [9.17, 15) is 0 Å². The first-order valence-corrected chi connectivity index (χ1v) is 11.1. The smallest absolute Gasteiger partial charge is 0.191 e. The maximum absolute atomic E-state index is 5.94. The average molecular weight is 545 g/mol. The maximum atomic E-state index is 5.94. The van der Waals surface area contributed by atoms with Gasteiger partial charge in [-0.1, -0.05) is 25.1 Å². The van der Waals surface area contributed by atoms with Crippen LogP contribution in [0.2, 0.25) is 0 Å². The molecule has 0 amide bonds. The maximum Gasteiger partial charge on any atom is 0.191 e. The van der Waals surface area contributed by atoms with Gasteiger partial charge in [-0.2, -0.15) is 0 Å². The van der Waals surface area contributed by atoms with Crippen LogP contribution in [0, 0.1) is 6.92 Å². The van der Waals surface area contributed by atoms with Crippen LogP contribution in [0.5, 0.6) is 0 Å². The van der Waals surface area contributed by atoms with E-state index in [1.165, 1.54) is 4.90 Å². The second kappa shape index (κ2) is 13.2. The summed E-state index contributed by atoms with van der Waals surface area (Å²) in [5.74, 6) is 2.74. The van der Waals surface area contributed by atoms with Crippen molar-refractivity contribution in [3.05, 3.63) is 54.0 Å². The Morgan fingerprint density at radius 2 is 1.80 bits per heavy atom. The first-order valence-electron chi connectivity index (χ1n) is 10.2. The molecule has 2 N–H and O–H groups in total. The molecular weight excluding hydrogens is 511 g/mol. The van der Waals surface area contributed by atoms with E-state index in [0.29, 0.717) is 5.25 Å². The topological polar surface area (TPSA) is 62.0 Å². The first-order chi connectivity index (χ1) is 14.2. The second-order valence-electron chi connectivity index (χ2n) is 7.19. The number of furan rings is 1. The monoisotopic (exact) mass is 544 g/mol. The number of aryl methyl sites for hydroxylation is 1. The molecule has 8 heteroatoms. The molecule has 1 fully saturated rings. The van der Waals surface area contributed by atoms with E-state index < -0.39 is 0 Å². The van der Waals surface area contributed by atoms with Crippen LogP contribution in [-0.2, 0) is 4.74 Å². The van der Waals surface area contributed by atoms with E-state index in [2.05, 4.69) is 57.8 Å². The molecule has 0 radical (unpaired) electrons. The third-order valence-corrected chi connectivity index (χ3v) is 6.01. The van der Waals surface area contributed by atoms with Gasteiger partial charge in [0.05, 0.1) is 19.3 Å². The number of thioether (sulfide) groups is 1. The molecule has 0 bridgehead atoms. The molecule has 1 aromatic heterocycles. The summed E-state index contributed by atoms with van der Waals surface area (Å²) in [5.41, 5.74) is 0. The zero-order valence-electron chi connectivity index (χ0n) is 18.0. The molecule has 2 unspecified atom stereocenters. The quantitative estimate of drug-likeness (QED) is 0.228. The van der Waals surface area contributed by atoms with Gasteiger partial charge in [0.1, 0.15) is 11.5 Å². The van der Waals surface area contributed by atoms with Gasteiger partial charge in [0.25, 0.3) is 0 Å². The van der Waals surface area contributed by atoms with Crippen molar-refractivity contribution in [3.63, 3.8) is 0 Å². The molecule has 0 aliphatic carbocycles. The summed E-state index contributed by atoms with van der Waals surface area (Å²) < 4.78 is 11.5. The first kappa shape index (κ1) is 25.0. The van der Waals surface area contributed by atoms with Crippen molar-refractivity contribution in [3.8, 4) is 0 Å². The normalized spacial score (nSPS) is 17.1. The number of nitrogens with one attached hydrogen (secondary N) is 2. The highest BCUT2D eigenvalue weighted by Gasteiger charge is 2.25. The van der Waals surface area contributed by atoms with Gasteiger partial charge < -0.3 is 19.8 Å². The minimum Gasteiger partial charge on any atom is -0.465 e. The highest BCUT2D eigenvalue weighted by molar-refractivity contribution is 14.0. The van der Waals surface area contributed by atoms with Crippen LogP contribution in [0.1, 0.15) is 24.5 Å². The molecule has 0 saturated carbocycles. The number of nitrogens with zero attached hydrogens (tertiary/aromatic N) is 2. The average Bonchev–Trinajstić information content (AvgIpc) is 3.18. The van der Waals surface area contributed by atoms with Gasteiger partial charge in [-0.15, -0.1) is 35.7 Å². The standard InChI is InChI=1S/C22H32N4O2S.HI/c1-17-9-10-21(28-17)20(26-11-13-27-14-12-26)16-25-22(23-3)24-15-18(2)29-19-7-5-4-6-8-19;/h4-10,18,20H,11-16H2,1-3H3,(H2,23,24,25);1H. The Morgan fingerprint density at radius 1 is 1.10 bits per heavy atom. The number of hydrogen-bond acceptors (Lipinski definition) is 5. The molecule has 166 valence electrons. The lowest BCUT2D eigenvalue weighted by molar-refractivity contribution is 0.0124. The summed E-state index contributed by atoms with van der Waals surface area (Å²) in [6, 6.07) is 14.7. The van der Waals surface area contributed by atoms with Gasteiger partial charge in [-0.3, -0.25) is 9.89 Å². The lowest BCUT2D eigenvalue weighted by Gasteiger charge is -2.33. The largest absolute Gasteiger partial charge is 0.465 e. The number of aliphatic imine (C=N–C) groups is 1. The zero-order chi connectivity index (χ0) is 20.5. The lowest BCUT2D eigenvalue weighted by atomic mass is 10.1. The minimum absolute atomic E-state index is 0. The van der Waals surface area contributed by atoms with Crippen molar-refractivity contribution in [1.82, 2.24) is 15.5 Å². The summed E-state index contributed by atoms with van der Waals surface area (Å²) >= 11 is 1.86. The van der Waals surface area contributed by atoms with Crippen LogP contribution < -0.4 is 10.6 Å². The number of rotatable bonds is 8. The highest BCUT2D eigenvalue weighted by atomic mass is 127. The molecule has 0 spiro atoms. The Bertz CT molecular complexity index is 766. The molecule has 1 aliphatic rings. The second-order valence-corrected chi connectivity index (χ2v) is 8.70. The molecule has 1 saturated heterocycles. The Balaban J connectivity index is 0.00000320. The summed E-state index contributed by atoms with van der Waals surface area (Å²) in [5, 5.41) is 7.36. The Kier molecular flexibility index (Phi) is 11.0. The van der Waals surface area contributed by atoms with Crippen molar-refractivity contribution < 1.29 is 9.15 Å². The number of morpholine rings is 1. The van der Waals surface area contributed by atoms with Crippen molar-refractivity contribution in [1.29, 1.82) is 0 Å². The van der Waals surface area contributed by atoms with Crippen molar-refractivity contribution in [2.45, 2.75) is 30.0 Å². The van der Waals surface area contributed by atoms with Crippen LogP contribution in [0.3, 0.4) is 0 Å². The fourth-order valence-electron chi connectivity index (χ4n) is 3.36. The van der Waals surface area contributed by atoms with Crippen LogP contribution >= 0.6 is 35.7 Å². The Morgan fingerprint density at radius 3 is 2.43 bits per heavy atom. The third kappa shape index (κ3) is 7.79. The van der Waals surface area contributed by atoms with Crippen LogP contribution in [0.15, 0.2) is 56.8 Å². The molecule has 1 aromatic carbocycles. The van der Waals surface area contributed by atoms with E-state index >= 15 is 0 Å². The number of guanidine groups is 1. The van der Waals surface area contributed by atoms with Crippen molar-refractivity contribution >= 4 is 41.7 Å². The zero-order valence-corrected chi connectivity index (χ0v) is 21.1. The Labute approximate surface area is 201 Å². The molecule has 2 atom stereocenters. The van der Waals surface area contributed by atoms with Gasteiger partial charge >= 0.3 is 0 Å². The van der Waals surface area contributed by atoms with Crippen LogP contribution in [-0.4, -0.2) is 62.5 Å². The number of halogens is 1. The van der Waals surface area contributed by atoms with E-state index in [1.807, 2.05) is 37.9 Å². The predicted molar refractivity (Wildman–Crippen MR) is 135 cm³/mol. The molecule has 1 aliphatic heterocycles.